The zero-order chi connectivity index (χ0) is 10.7. The van der Waals surface area contributed by atoms with Crippen LogP contribution in [0, 0.1) is 0 Å². The zero-order valence-electron chi connectivity index (χ0n) is 9.45. The Morgan fingerprint density at radius 1 is 1.27 bits per heavy atom. The van der Waals surface area contributed by atoms with Crippen molar-refractivity contribution in [1.29, 1.82) is 0 Å². The van der Waals surface area contributed by atoms with Crippen LogP contribution in [-0.4, -0.2) is 12.2 Å². The summed E-state index contributed by atoms with van der Waals surface area (Å²) in [6.45, 7) is 4.98. The molecule has 0 saturated heterocycles. The lowest BCUT2D eigenvalue weighted by Crippen LogP contribution is -2.41. The van der Waals surface area contributed by atoms with Crippen LogP contribution in [0.5, 0.6) is 11.5 Å². The first-order valence-electron chi connectivity index (χ1n) is 5.64. The van der Waals surface area contributed by atoms with Crippen molar-refractivity contribution in [3.05, 3.63) is 24.3 Å². The van der Waals surface area contributed by atoms with Crippen LogP contribution in [0.1, 0.15) is 33.1 Å². The van der Waals surface area contributed by atoms with E-state index in [-0.39, 0.29) is 5.60 Å². The van der Waals surface area contributed by atoms with Crippen molar-refractivity contribution in [1.82, 2.24) is 0 Å². The summed E-state index contributed by atoms with van der Waals surface area (Å²) in [7, 11) is 0. The second kappa shape index (κ2) is 4.13. The van der Waals surface area contributed by atoms with Gasteiger partial charge in [-0.05, 0) is 31.9 Å². The molecular formula is C13H18O2. The molecule has 0 aromatic heterocycles. The van der Waals surface area contributed by atoms with Gasteiger partial charge in [0.05, 0.1) is 0 Å². The van der Waals surface area contributed by atoms with Crippen molar-refractivity contribution in [3.8, 4) is 11.5 Å². The van der Waals surface area contributed by atoms with Crippen LogP contribution >= 0.6 is 0 Å². The fraction of sp³-hybridized carbons (Fsp3) is 0.538. The average Bonchev–Trinajstić information content (AvgIpc) is 2.26. The summed E-state index contributed by atoms with van der Waals surface area (Å²) in [4.78, 5) is 0. The van der Waals surface area contributed by atoms with E-state index in [0.29, 0.717) is 6.61 Å². The van der Waals surface area contributed by atoms with Gasteiger partial charge in [0.15, 0.2) is 11.5 Å². The highest BCUT2D eigenvalue weighted by Gasteiger charge is 2.32. The smallest absolute Gasteiger partial charge is 0.162 e. The Balaban J connectivity index is 2.10. The van der Waals surface area contributed by atoms with Gasteiger partial charge in [-0.25, -0.2) is 0 Å². The van der Waals surface area contributed by atoms with Gasteiger partial charge in [-0.1, -0.05) is 25.5 Å². The monoisotopic (exact) mass is 206 g/mol. The Morgan fingerprint density at radius 2 is 2.00 bits per heavy atom. The summed E-state index contributed by atoms with van der Waals surface area (Å²) in [5.74, 6) is 1.74. The lowest BCUT2D eigenvalue weighted by Gasteiger charge is -2.35. The number of rotatable bonds is 3. The highest BCUT2D eigenvalue weighted by Crippen LogP contribution is 2.36. The minimum absolute atomic E-state index is 0.148. The van der Waals surface area contributed by atoms with Crippen molar-refractivity contribution < 1.29 is 9.47 Å². The normalized spacial score (nSPS) is 23.9. The second-order valence-electron chi connectivity index (χ2n) is 4.39. The van der Waals surface area contributed by atoms with Crippen LogP contribution in [-0.2, 0) is 0 Å². The van der Waals surface area contributed by atoms with Crippen LogP contribution < -0.4 is 9.47 Å². The van der Waals surface area contributed by atoms with E-state index in [1.807, 2.05) is 24.3 Å². The van der Waals surface area contributed by atoms with Gasteiger partial charge in [0, 0.05) is 0 Å². The summed E-state index contributed by atoms with van der Waals surface area (Å²) >= 11 is 0. The molecule has 2 rings (SSSR count). The summed E-state index contributed by atoms with van der Waals surface area (Å²) in [5.41, 5.74) is -0.148. The Morgan fingerprint density at radius 3 is 2.73 bits per heavy atom. The molecule has 0 N–H and O–H groups in total. The predicted molar refractivity (Wildman–Crippen MR) is 60.5 cm³/mol. The molecule has 0 bridgehead atoms. The average molecular weight is 206 g/mol. The molecule has 1 aliphatic heterocycles. The number of para-hydroxylation sites is 2. The van der Waals surface area contributed by atoms with E-state index >= 15 is 0 Å². The number of benzene rings is 1. The van der Waals surface area contributed by atoms with Crippen molar-refractivity contribution >= 4 is 0 Å². The third-order valence-electron chi connectivity index (χ3n) is 2.80. The van der Waals surface area contributed by atoms with Gasteiger partial charge in [-0.15, -0.1) is 0 Å². The van der Waals surface area contributed by atoms with Gasteiger partial charge < -0.3 is 9.47 Å². The maximum atomic E-state index is 6.00. The predicted octanol–water partition coefficient (Wildman–Crippen LogP) is 3.41. The van der Waals surface area contributed by atoms with Crippen LogP contribution in [0.2, 0.25) is 0 Å². The second-order valence-corrected chi connectivity index (χ2v) is 4.39. The van der Waals surface area contributed by atoms with Crippen molar-refractivity contribution in [2.45, 2.75) is 38.7 Å². The quantitative estimate of drug-likeness (QED) is 0.754. The molecule has 1 aromatic rings. The van der Waals surface area contributed by atoms with Gasteiger partial charge in [0.1, 0.15) is 12.2 Å². The molecular weight excluding hydrogens is 188 g/mol. The number of ether oxygens (including phenoxy) is 2. The number of hydrogen-bond acceptors (Lipinski definition) is 2. The minimum Gasteiger partial charge on any atom is -0.486 e. The molecule has 1 atom stereocenters. The summed E-state index contributed by atoms with van der Waals surface area (Å²) in [6.07, 6.45) is 3.43. The summed E-state index contributed by atoms with van der Waals surface area (Å²) in [5, 5.41) is 0. The van der Waals surface area contributed by atoms with E-state index in [9.17, 15) is 0 Å². The molecule has 1 aliphatic rings. The molecule has 0 saturated carbocycles. The van der Waals surface area contributed by atoms with E-state index in [0.717, 1.165) is 17.9 Å². The first kappa shape index (κ1) is 10.3. The van der Waals surface area contributed by atoms with E-state index in [1.54, 1.807) is 0 Å². The zero-order valence-corrected chi connectivity index (χ0v) is 9.45. The first-order valence-corrected chi connectivity index (χ1v) is 5.64. The number of unbranched alkanes of at least 4 members (excludes halogenated alkanes) is 1. The Bertz CT molecular complexity index is 335. The molecule has 0 aliphatic carbocycles. The van der Waals surface area contributed by atoms with Crippen LogP contribution in [0.15, 0.2) is 24.3 Å². The largest absolute Gasteiger partial charge is 0.486 e. The standard InChI is InChI=1S/C13H18O2/c1-3-4-9-13(2)10-14-11-7-5-6-8-12(11)15-13/h5-8H,3-4,9-10H2,1-2H3. The molecule has 0 radical (unpaired) electrons. The van der Waals surface area contributed by atoms with Crippen molar-refractivity contribution in [2.24, 2.45) is 0 Å². The van der Waals surface area contributed by atoms with E-state index in [2.05, 4.69) is 13.8 Å². The summed E-state index contributed by atoms with van der Waals surface area (Å²) in [6, 6.07) is 7.87. The van der Waals surface area contributed by atoms with Gasteiger partial charge in [-0.2, -0.15) is 0 Å². The first-order chi connectivity index (χ1) is 7.23. The SMILES string of the molecule is CCCCC1(C)COc2ccccc2O1. The third kappa shape index (κ3) is 2.25. The van der Waals surface area contributed by atoms with Crippen LogP contribution in [0.25, 0.3) is 0 Å². The summed E-state index contributed by atoms with van der Waals surface area (Å²) < 4.78 is 11.7. The Labute approximate surface area is 91.2 Å². The molecule has 1 aromatic carbocycles. The van der Waals surface area contributed by atoms with Crippen molar-refractivity contribution in [2.75, 3.05) is 6.61 Å². The maximum absolute atomic E-state index is 6.00. The van der Waals surface area contributed by atoms with E-state index in [1.165, 1.54) is 12.8 Å². The molecule has 1 heterocycles. The fourth-order valence-electron chi connectivity index (χ4n) is 1.85. The Kier molecular flexibility index (Phi) is 2.85. The van der Waals surface area contributed by atoms with E-state index in [4.69, 9.17) is 9.47 Å². The molecule has 0 fully saturated rings. The molecule has 82 valence electrons. The molecule has 15 heavy (non-hydrogen) atoms. The van der Waals surface area contributed by atoms with Gasteiger partial charge >= 0.3 is 0 Å². The molecule has 0 amide bonds. The minimum atomic E-state index is -0.148. The highest BCUT2D eigenvalue weighted by molar-refractivity contribution is 5.41. The molecule has 2 heteroatoms. The Hall–Kier alpha value is -1.18. The number of hydrogen-bond donors (Lipinski definition) is 0. The fourth-order valence-corrected chi connectivity index (χ4v) is 1.85. The van der Waals surface area contributed by atoms with Crippen LogP contribution in [0.4, 0.5) is 0 Å². The van der Waals surface area contributed by atoms with E-state index < -0.39 is 0 Å². The van der Waals surface area contributed by atoms with Crippen molar-refractivity contribution in [3.63, 3.8) is 0 Å². The lowest BCUT2D eigenvalue weighted by atomic mass is 9.99. The maximum Gasteiger partial charge on any atom is 0.162 e. The molecule has 2 nitrogen and oxygen atoms in total. The van der Waals surface area contributed by atoms with Gasteiger partial charge in [0.2, 0.25) is 0 Å². The third-order valence-corrected chi connectivity index (χ3v) is 2.80. The molecule has 0 spiro atoms. The van der Waals surface area contributed by atoms with Crippen LogP contribution in [0.3, 0.4) is 0 Å². The topological polar surface area (TPSA) is 18.5 Å². The number of fused-ring (bicyclic) bond motifs is 1. The highest BCUT2D eigenvalue weighted by atomic mass is 16.6. The lowest BCUT2D eigenvalue weighted by molar-refractivity contribution is -0.00174. The van der Waals surface area contributed by atoms with Gasteiger partial charge in [-0.3, -0.25) is 0 Å². The van der Waals surface area contributed by atoms with Gasteiger partial charge in [0.25, 0.3) is 0 Å². The molecule has 1 unspecified atom stereocenters.